The van der Waals surface area contributed by atoms with E-state index in [0.29, 0.717) is 18.8 Å². The van der Waals surface area contributed by atoms with Crippen molar-refractivity contribution in [2.75, 3.05) is 33.9 Å². The second-order valence-electron chi connectivity index (χ2n) is 9.47. The fraction of sp³-hybridized carbons (Fsp3) is 0.640. The molecule has 13 nitrogen and oxygen atoms in total. The zero-order valence-corrected chi connectivity index (χ0v) is 23.8. The number of methoxy groups -OCH3 is 2. The van der Waals surface area contributed by atoms with Gasteiger partial charge in [-0.3, -0.25) is 9.79 Å². The third kappa shape index (κ3) is 8.62. The molecular formula is C25H41N5O8S. The van der Waals surface area contributed by atoms with Crippen molar-refractivity contribution in [1.29, 1.82) is 0 Å². The Balaban J connectivity index is 2.45. The number of amides is 1. The highest BCUT2D eigenvalue weighted by atomic mass is 32.2. The molecule has 220 valence electrons. The first-order valence-electron chi connectivity index (χ1n) is 13.0. The van der Waals surface area contributed by atoms with Crippen molar-refractivity contribution in [3.63, 3.8) is 0 Å². The van der Waals surface area contributed by atoms with Crippen LogP contribution in [0.3, 0.4) is 0 Å². The summed E-state index contributed by atoms with van der Waals surface area (Å²) in [5.74, 6) is -1.44. The van der Waals surface area contributed by atoms with Crippen LogP contribution in [0.25, 0.3) is 0 Å². The number of carboxylic acid groups (broad SMARTS) is 1. The molecule has 1 aliphatic rings. The van der Waals surface area contributed by atoms with E-state index in [1.807, 2.05) is 13.8 Å². The van der Waals surface area contributed by atoms with Gasteiger partial charge in [0.05, 0.1) is 20.8 Å². The summed E-state index contributed by atoms with van der Waals surface area (Å²) in [4.78, 5) is 30.5. The maximum Gasteiger partial charge on any atom is 0.326 e. The number of hydrogen-bond acceptors (Lipinski definition) is 8. The van der Waals surface area contributed by atoms with Gasteiger partial charge in [0.15, 0.2) is 17.5 Å². The minimum absolute atomic E-state index is 0.0333. The Kier molecular flexibility index (Phi) is 12.1. The van der Waals surface area contributed by atoms with Crippen LogP contribution in [0.15, 0.2) is 22.0 Å². The van der Waals surface area contributed by atoms with E-state index in [9.17, 15) is 23.1 Å². The fourth-order valence-electron chi connectivity index (χ4n) is 4.37. The molecule has 1 amide bonds. The first-order valence-corrected chi connectivity index (χ1v) is 14.4. The van der Waals surface area contributed by atoms with Crippen LogP contribution >= 0.6 is 0 Å². The lowest BCUT2D eigenvalue weighted by molar-refractivity contribution is -0.153. The lowest BCUT2D eigenvalue weighted by Gasteiger charge is -2.38. The molecule has 1 aromatic rings. The maximum absolute atomic E-state index is 13.7. The molecule has 1 saturated heterocycles. The van der Waals surface area contributed by atoms with E-state index in [2.05, 4.69) is 9.71 Å². The highest BCUT2D eigenvalue weighted by molar-refractivity contribution is 7.89. The molecule has 14 heteroatoms. The van der Waals surface area contributed by atoms with Crippen molar-refractivity contribution in [3.05, 3.63) is 12.1 Å². The zero-order valence-electron chi connectivity index (χ0n) is 23.0. The molecule has 2 rings (SSSR count). The van der Waals surface area contributed by atoms with E-state index < -0.39 is 34.0 Å². The highest BCUT2D eigenvalue weighted by Crippen LogP contribution is 2.42. The molecule has 6 N–H and O–H groups in total. The standard InChI is InChI=1S/C25H41N5O8S/c1-5-6-14-38-21-19(36-3)9-10-20(22(21)37-4)39(34,35)29-17(8-7-12-28-25(26)27)23(31)30-13-11-16(2)15-18(30)24(32)33/h9-10,16-18,29H,5-8,11-15H2,1-4H3,(H,32,33)(H4,26,27,28)/t16?,17-,18?/m0/s1. The summed E-state index contributed by atoms with van der Waals surface area (Å²) in [5, 5.41) is 9.76. The van der Waals surface area contributed by atoms with Crippen molar-refractivity contribution in [2.24, 2.45) is 22.4 Å². The number of carbonyl (C=O) groups excluding carboxylic acids is 1. The number of rotatable bonds is 15. The number of benzene rings is 1. The summed E-state index contributed by atoms with van der Waals surface area (Å²) in [5.41, 5.74) is 10.8. The number of nitrogens with two attached hydrogens (primary N) is 2. The molecule has 1 fully saturated rings. The molecular weight excluding hydrogens is 530 g/mol. The van der Waals surface area contributed by atoms with Crippen LogP contribution in [0.1, 0.15) is 52.4 Å². The topological polar surface area (TPSA) is 196 Å². The van der Waals surface area contributed by atoms with E-state index in [1.165, 1.54) is 31.3 Å². The zero-order chi connectivity index (χ0) is 29.2. The highest BCUT2D eigenvalue weighted by Gasteiger charge is 2.39. The molecule has 0 radical (unpaired) electrons. The van der Waals surface area contributed by atoms with Crippen LogP contribution < -0.4 is 30.4 Å². The number of sulfonamides is 1. The molecule has 0 aliphatic carbocycles. The first kappa shape index (κ1) is 32.0. The van der Waals surface area contributed by atoms with Crippen molar-refractivity contribution < 1.29 is 37.3 Å². The summed E-state index contributed by atoms with van der Waals surface area (Å²) >= 11 is 0. The number of unbranched alkanes of at least 4 members (excludes halogenated alkanes) is 1. The number of ether oxygens (including phenoxy) is 3. The quantitative estimate of drug-likeness (QED) is 0.135. The molecule has 1 heterocycles. The number of carboxylic acids is 1. The number of aliphatic carboxylic acids is 1. The minimum atomic E-state index is -4.36. The van der Waals surface area contributed by atoms with Gasteiger partial charge in [0, 0.05) is 13.1 Å². The van der Waals surface area contributed by atoms with Gasteiger partial charge in [-0.1, -0.05) is 20.3 Å². The average Bonchev–Trinajstić information content (AvgIpc) is 2.89. The van der Waals surface area contributed by atoms with E-state index >= 15 is 0 Å². The summed E-state index contributed by atoms with van der Waals surface area (Å²) < 4.78 is 46.4. The summed E-state index contributed by atoms with van der Waals surface area (Å²) in [7, 11) is -1.62. The second-order valence-corrected chi connectivity index (χ2v) is 11.2. The molecule has 0 aromatic heterocycles. The molecule has 1 aliphatic heterocycles. The smallest absolute Gasteiger partial charge is 0.326 e. The lowest BCUT2D eigenvalue weighted by atomic mass is 9.91. The molecule has 0 saturated carbocycles. The van der Waals surface area contributed by atoms with Crippen molar-refractivity contribution >= 4 is 27.9 Å². The van der Waals surface area contributed by atoms with Crippen LogP contribution in [0.4, 0.5) is 0 Å². The van der Waals surface area contributed by atoms with Crippen LogP contribution in [0.5, 0.6) is 17.2 Å². The number of nitrogens with zero attached hydrogens (tertiary/aromatic N) is 2. The number of piperidine rings is 1. The van der Waals surface area contributed by atoms with E-state index in [1.54, 1.807) is 0 Å². The van der Waals surface area contributed by atoms with E-state index in [0.717, 1.165) is 12.8 Å². The van der Waals surface area contributed by atoms with Gasteiger partial charge in [0.1, 0.15) is 17.0 Å². The molecule has 3 atom stereocenters. The summed E-state index contributed by atoms with van der Waals surface area (Å²) in [6, 6.07) is 0.423. The number of likely N-dealkylation sites (tertiary alicyclic amines) is 1. The fourth-order valence-corrected chi connectivity index (χ4v) is 5.76. The summed E-state index contributed by atoms with van der Waals surface area (Å²) in [6.07, 6.45) is 2.77. The van der Waals surface area contributed by atoms with Gasteiger partial charge < -0.3 is 35.7 Å². The SMILES string of the molecule is CCCCOc1c(OC)ccc(S(=O)(=O)N[C@@H](CCCN=C(N)N)C(=O)N2CCC(C)CC2C(=O)O)c1OC. The van der Waals surface area contributed by atoms with Crippen molar-refractivity contribution in [3.8, 4) is 17.2 Å². The third-order valence-corrected chi connectivity index (χ3v) is 7.97. The molecule has 2 unspecified atom stereocenters. The Hall–Kier alpha value is -3.26. The van der Waals surface area contributed by atoms with Crippen LogP contribution in [0, 0.1) is 5.92 Å². The molecule has 0 bridgehead atoms. The molecule has 0 spiro atoms. The molecule has 39 heavy (non-hydrogen) atoms. The van der Waals surface area contributed by atoms with Crippen LogP contribution in [-0.4, -0.2) is 82.3 Å². The second kappa shape index (κ2) is 14.8. The van der Waals surface area contributed by atoms with Crippen LogP contribution in [0.2, 0.25) is 0 Å². The van der Waals surface area contributed by atoms with Gasteiger partial charge in [0.25, 0.3) is 0 Å². The van der Waals surface area contributed by atoms with E-state index in [4.69, 9.17) is 25.7 Å². The third-order valence-electron chi connectivity index (χ3n) is 6.47. The Morgan fingerprint density at radius 2 is 1.92 bits per heavy atom. The maximum atomic E-state index is 13.7. The largest absolute Gasteiger partial charge is 0.493 e. The monoisotopic (exact) mass is 571 g/mol. The van der Waals surface area contributed by atoms with Crippen molar-refractivity contribution in [1.82, 2.24) is 9.62 Å². The predicted molar refractivity (Wildman–Crippen MR) is 146 cm³/mol. The average molecular weight is 572 g/mol. The minimum Gasteiger partial charge on any atom is -0.493 e. The number of hydrogen-bond donors (Lipinski definition) is 4. The Morgan fingerprint density at radius 1 is 1.21 bits per heavy atom. The Labute approximate surface area is 229 Å². The van der Waals surface area contributed by atoms with Gasteiger partial charge >= 0.3 is 5.97 Å². The number of nitrogens with one attached hydrogen (secondary N) is 1. The number of guanidine groups is 1. The Bertz CT molecular complexity index is 1120. The van der Waals surface area contributed by atoms with Crippen molar-refractivity contribution in [2.45, 2.75) is 69.4 Å². The number of carbonyl (C=O) groups is 2. The number of aliphatic imine (C=N–C) groups is 1. The van der Waals surface area contributed by atoms with Crippen LogP contribution in [-0.2, 0) is 19.6 Å². The van der Waals surface area contributed by atoms with Gasteiger partial charge in [-0.05, 0) is 50.2 Å². The predicted octanol–water partition coefficient (Wildman–Crippen LogP) is 1.29. The van der Waals surface area contributed by atoms with Gasteiger partial charge in [-0.2, -0.15) is 4.72 Å². The normalized spacial score (nSPS) is 18.2. The van der Waals surface area contributed by atoms with Gasteiger partial charge in [0.2, 0.25) is 21.7 Å². The summed E-state index contributed by atoms with van der Waals surface area (Å²) in [6.45, 7) is 4.59. The van der Waals surface area contributed by atoms with Gasteiger partial charge in [-0.25, -0.2) is 13.2 Å². The first-order chi connectivity index (χ1) is 18.5. The van der Waals surface area contributed by atoms with Gasteiger partial charge in [-0.15, -0.1) is 0 Å². The molecule has 1 aromatic carbocycles. The lowest BCUT2D eigenvalue weighted by Crippen LogP contribution is -2.56. The Morgan fingerprint density at radius 3 is 2.51 bits per heavy atom. The van der Waals surface area contributed by atoms with E-state index in [-0.39, 0.29) is 60.6 Å².